The number of aryl methyl sites for hydroxylation is 1. The minimum Gasteiger partial charge on any atom is -0.462 e. The number of anilines is 1. The van der Waals surface area contributed by atoms with E-state index in [-0.39, 0.29) is 42.5 Å². The van der Waals surface area contributed by atoms with Crippen LogP contribution < -0.4 is 10.6 Å². The standard InChI is InChI=1S/C20H22N2O7/c1-4-27-19(25)15-12(3)29-18(16(15)20(26)28-5-2)22-14(23)11-21-17(24)13-9-7-6-8-10-13/h6-10H,4-5,11H2,1-3H3,(H,21,24)(H,22,23). The second kappa shape index (κ2) is 10.1. The Morgan fingerprint density at radius 2 is 1.52 bits per heavy atom. The van der Waals surface area contributed by atoms with Gasteiger partial charge in [-0.2, -0.15) is 0 Å². The molecule has 2 amide bonds. The largest absolute Gasteiger partial charge is 0.462 e. The Morgan fingerprint density at radius 3 is 2.10 bits per heavy atom. The fourth-order valence-corrected chi connectivity index (χ4v) is 2.50. The molecule has 9 heteroatoms. The van der Waals surface area contributed by atoms with Crippen LogP contribution in [-0.4, -0.2) is 43.5 Å². The van der Waals surface area contributed by atoms with Crippen LogP contribution in [0.2, 0.25) is 0 Å². The summed E-state index contributed by atoms with van der Waals surface area (Å²) in [4.78, 5) is 48.8. The van der Waals surface area contributed by atoms with Gasteiger partial charge in [-0.1, -0.05) is 18.2 Å². The number of rotatable bonds is 8. The van der Waals surface area contributed by atoms with Gasteiger partial charge < -0.3 is 19.2 Å². The second-order valence-electron chi connectivity index (χ2n) is 5.78. The molecule has 2 rings (SSSR count). The van der Waals surface area contributed by atoms with Crippen molar-refractivity contribution in [2.24, 2.45) is 0 Å². The third-order valence-corrected chi connectivity index (χ3v) is 3.74. The molecule has 0 aliphatic carbocycles. The first-order valence-electron chi connectivity index (χ1n) is 8.99. The fourth-order valence-electron chi connectivity index (χ4n) is 2.50. The molecule has 0 unspecified atom stereocenters. The summed E-state index contributed by atoms with van der Waals surface area (Å²) in [6.07, 6.45) is 0. The maximum Gasteiger partial charge on any atom is 0.344 e. The van der Waals surface area contributed by atoms with Gasteiger partial charge in [-0.25, -0.2) is 9.59 Å². The zero-order valence-electron chi connectivity index (χ0n) is 16.4. The van der Waals surface area contributed by atoms with Gasteiger partial charge >= 0.3 is 11.9 Å². The molecule has 29 heavy (non-hydrogen) atoms. The SMILES string of the molecule is CCOC(=O)c1c(C)oc(NC(=O)CNC(=O)c2ccccc2)c1C(=O)OCC. The topological polar surface area (TPSA) is 124 Å². The molecule has 0 bridgehead atoms. The highest BCUT2D eigenvalue weighted by Gasteiger charge is 2.31. The van der Waals surface area contributed by atoms with E-state index in [0.29, 0.717) is 5.56 Å². The van der Waals surface area contributed by atoms with E-state index in [1.54, 1.807) is 44.2 Å². The first kappa shape index (κ1) is 21.7. The predicted octanol–water partition coefficient (Wildman–Crippen LogP) is 2.31. The number of hydrogen-bond acceptors (Lipinski definition) is 7. The molecule has 0 saturated carbocycles. The average Bonchev–Trinajstić information content (AvgIpc) is 3.03. The number of amides is 2. The van der Waals surface area contributed by atoms with Crippen molar-refractivity contribution in [3.05, 3.63) is 52.8 Å². The third-order valence-electron chi connectivity index (χ3n) is 3.74. The van der Waals surface area contributed by atoms with E-state index in [1.165, 1.54) is 6.92 Å². The molecule has 0 saturated heterocycles. The molecule has 2 N–H and O–H groups in total. The van der Waals surface area contributed by atoms with E-state index >= 15 is 0 Å². The molecule has 0 aliphatic rings. The van der Waals surface area contributed by atoms with Crippen LogP contribution in [0.1, 0.15) is 50.7 Å². The highest BCUT2D eigenvalue weighted by Crippen LogP contribution is 2.28. The predicted molar refractivity (Wildman–Crippen MR) is 103 cm³/mol. The van der Waals surface area contributed by atoms with E-state index in [0.717, 1.165) is 0 Å². The van der Waals surface area contributed by atoms with Gasteiger partial charge in [-0.05, 0) is 32.9 Å². The van der Waals surface area contributed by atoms with Crippen molar-refractivity contribution in [2.45, 2.75) is 20.8 Å². The zero-order chi connectivity index (χ0) is 21.4. The smallest absolute Gasteiger partial charge is 0.344 e. The van der Waals surface area contributed by atoms with Crippen molar-refractivity contribution < 1.29 is 33.1 Å². The van der Waals surface area contributed by atoms with Crippen molar-refractivity contribution in [2.75, 3.05) is 25.1 Å². The summed E-state index contributed by atoms with van der Waals surface area (Å²) in [5.41, 5.74) is 0.0467. The molecule has 0 spiro atoms. The number of carbonyl (C=O) groups excluding carboxylic acids is 4. The van der Waals surface area contributed by atoms with Gasteiger partial charge in [-0.15, -0.1) is 0 Å². The molecular formula is C20H22N2O7. The van der Waals surface area contributed by atoms with Gasteiger partial charge in [0.1, 0.15) is 16.9 Å². The summed E-state index contributed by atoms with van der Waals surface area (Å²) < 4.78 is 15.3. The molecule has 2 aromatic rings. The monoisotopic (exact) mass is 402 g/mol. The summed E-state index contributed by atoms with van der Waals surface area (Å²) in [6.45, 7) is 4.47. The van der Waals surface area contributed by atoms with Gasteiger partial charge in [0.25, 0.3) is 5.91 Å². The molecule has 0 atom stereocenters. The number of nitrogens with one attached hydrogen (secondary N) is 2. The highest BCUT2D eigenvalue weighted by atomic mass is 16.5. The minimum atomic E-state index is -0.837. The quantitative estimate of drug-likeness (QED) is 0.649. The van der Waals surface area contributed by atoms with E-state index in [2.05, 4.69) is 10.6 Å². The lowest BCUT2D eigenvalue weighted by molar-refractivity contribution is -0.115. The molecule has 0 aliphatic heterocycles. The van der Waals surface area contributed by atoms with Crippen molar-refractivity contribution in [1.82, 2.24) is 5.32 Å². The molecule has 154 valence electrons. The first-order valence-corrected chi connectivity index (χ1v) is 8.99. The summed E-state index contributed by atoms with van der Waals surface area (Å²) in [5.74, 6) is -2.85. The van der Waals surface area contributed by atoms with Gasteiger partial charge in [0.05, 0.1) is 19.8 Å². The normalized spacial score (nSPS) is 10.2. The van der Waals surface area contributed by atoms with Gasteiger partial charge in [0, 0.05) is 5.56 Å². The van der Waals surface area contributed by atoms with Crippen LogP contribution in [-0.2, 0) is 14.3 Å². The van der Waals surface area contributed by atoms with Crippen molar-refractivity contribution in [1.29, 1.82) is 0 Å². The minimum absolute atomic E-state index is 0.0614. The van der Waals surface area contributed by atoms with E-state index in [9.17, 15) is 19.2 Å². The van der Waals surface area contributed by atoms with Crippen LogP contribution in [0, 0.1) is 6.92 Å². The Morgan fingerprint density at radius 1 is 0.931 bits per heavy atom. The van der Waals surface area contributed by atoms with Crippen LogP contribution in [0.25, 0.3) is 0 Å². The summed E-state index contributed by atoms with van der Waals surface area (Å²) in [7, 11) is 0. The maximum atomic E-state index is 12.3. The molecule has 0 radical (unpaired) electrons. The molecule has 9 nitrogen and oxygen atoms in total. The number of hydrogen-bond donors (Lipinski definition) is 2. The second-order valence-corrected chi connectivity index (χ2v) is 5.78. The Labute approximate surface area is 167 Å². The molecule has 0 fully saturated rings. The van der Waals surface area contributed by atoms with Crippen LogP contribution in [0.5, 0.6) is 0 Å². The molecular weight excluding hydrogens is 380 g/mol. The average molecular weight is 402 g/mol. The highest BCUT2D eigenvalue weighted by molar-refractivity contribution is 6.09. The summed E-state index contributed by atoms with van der Waals surface area (Å²) in [6, 6.07) is 8.37. The van der Waals surface area contributed by atoms with Crippen LogP contribution >= 0.6 is 0 Å². The summed E-state index contributed by atoms with van der Waals surface area (Å²) in [5, 5.41) is 4.84. The Hall–Kier alpha value is -3.62. The van der Waals surface area contributed by atoms with Crippen LogP contribution in [0.3, 0.4) is 0 Å². The Bertz CT molecular complexity index is 903. The molecule has 1 aromatic carbocycles. The van der Waals surface area contributed by atoms with E-state index in [1.807, 2.05) is 0 Å². The number of benzene rings is 1. The van der Waals surface area contributed by atoms with Gasteiger partial charge in [-0.3, -0.25) is 14.9 Å². The molecule has 1 aromatic heterocycles. The summed E-state index contributed by atoms with van der Waals surface area (Å²) >= 11 is 0. The van der Waals surface area contributed by atoms with Gasteiger partial charge in [0.2, 0.25) is 11.8 Å². The van der Waals surface area contributed by atoms with Gasteiger partial charge in [0.15, 0.2) is 0 Å². The lowest BCUT2D eigenvalue weighted by Crippen LogP contribution is -2.33. The van der Waals surface area contributed by atoms with E-state index in [4.69, 9.17) is 13.9 Å². The third kappa shape index (κ3) is 5.44. The van der Waals surface area contributed by atoms with Crippen molar-refractivity contribution >= 4 is 29.6 Å². The maximum absolute atomic E-state index is 12.3. The Kier molecular flexibility index (Phi) is 7.53. The lowest BCUT2D eigenvalue weighted by atomic mass is 10.1. The number of ether oxygens (including phenoxy) is 2. The van der Waals surface area contributed by atoms with Crippen molar-refractivity contribution in [3.8, 4) is 0 Å². The van der Waals surface area contributed by atoms with Crippen LogP contribution in [0.15, 0.2) is 34.7 Å². The molecule has 1 heterocycles. The fraction of sp³-hybridized carbons (Fsp3) is 0.300. The number of furan rings is 1. The lowest BCUT2D eigenvalue weighted by Gasteiger charge is -2.08. The van der Waals surface area contributed by atoms with Crippen LogP contribution in [0.4, 0.5) is 5.88 Å². The van der Waals surface area contributed by atoms with E-state index < -0.39 is 23.8 Å². The zero-order valence-corrected chi connectivity index (χ0v) is 16.4. The number of carbonyl (C=O) groups is 4. The number of esters is 2. The first-order chi connectivity index (χ1) is 13.9. The van der Waals surface area contributed by atoms with Crippen molar-refractivity contribution in [3.63, 3.8) is 0 Å². The Balaban J connectivity index is 2.17.